The second-order valence-corrected chi connectivity index (χ2v) is 14.9. The molecule has 0 aromatic heterocycles. The van der Waals surface area contributed by atoms with Crippen LogP contribution in [0.1, 0.15) is 80.8 Å². The largest absolute Gasteiger partial charge is 0.487 e. The van der Waals surface area contributed by atoms with Gasteiger partial charge in [-0.3, -0.25) is 9.59 Å². The summed E-state index contributed by atoms with van der Waals surface area (Å²) in [6, 6.07) is 11.0. The number of aryl methyl sites for hydroxylation is 1. The molecule has 5 rings (SSSR count). The number of anilines is 1. The van der Waals surface area contributed by atoms with Crippen LogP contribution in [0, 0.1) is 23.7 Å². The van der Waals surface area contributed by atoms with Crippen LogP contribution in [-0.2, 0) is 27.8 Å². The normalized spacial score (nSPS) is 29.1. The van der Waals surface area contributed by atoms with Crippen molar-refractivity contribution in [1.82, 2.24) is 4.72 Å². The van der Waals surface area contributed by atoms with Crippen molar-refractivity contribution in [2.75, 3.05) is 18.0 Å². The summed E-state index contributed by atoms with van der Waals surface area (Å²) < 4.78 is 35.1. The first-order valence-electron chi connectivity index (χ1n) is 14.9. The lowest BCUT2D eigenvalue weighted by Gasteiger charge is -2.40. The molecule has 7 nitrogen and oxygen atoms in total. The Morgan fingerprint density at radius 3 is 2.56 bits per heavy atom. The Balaban J connectivity index is 1.54. The van der Waals surface area contributed by atoms with Crippen LogP contribution in [0.25, 0.3) is 0 Å². The zero-order chi connectivity index (χ0) is 29.3. The van der Waals surface area contributed by atoms with E-state index in [2.05, 4.69) is 9.62 Å². The van der Waals surface area contributed by atoms with Crippen molar-refractivity contribution in [1.29, 1.82) is 0 Å². The van der Waals surface area contributed by atoms with Crippen molar-refractivity contribution < 1.29 is 22.7 Å². The summed E-state index contributed by atoms with van der Waals surface area (Å²) in [5, 5.41) is -0.0731. The zero-order valence-corrected chi connectivity index (χ0v) is 25.8. The Labute approximate surface area is 249 Å². The smallest absolute Gasteiger partial charge is 0.264 e. The molecule has 3 aliphatic rings. The molecule has 1 amide bonds. The van der Waals surface area contributed by atoms with E-state index in [9.17, 15) is 18.0 Å². The number of fused-ring (bicyclic) bond motifs is 3. The fraction of sp³-hybridized carbons (Fsp3) is 0.562. The van der Waals surface area contributed by atoms with Gasteiger partial charge < -0.3 is 9.64 Å². The number of ketones is 1. The summed E-state index contributed by atoms with van der Waals surface area (Å²) in [4.78, 5) is 28.9. The topological polar surface area (TPSA) is 92.8 Å². The summed E-state index contributed by atoms with van der Waals surface area (Å²) in [5.41, 5.74) is 3.26. The molecule has 9 heteroatoms. The molecule has 2 aromatic rings. The Bertz CT molecular complexity index is 1410. The van der Waals surface area contributed by atoms with Crippen molar-refractivity contribution in [3.8, 4) is 5.75 Å². The van der Waals surface area contributed by atoms with Gasteiger partial charge in [0.25, 0.3) is 5.91 Å². The molecule has 0 radical (unpaired) electrons. The van der Waals surface area contributed by atoms with Gasteiger partial charge in [-0.05, 0) is 105 Å². The quantitative estimate of drug-likeness (QED) is 0.389. The van der Waals surface area contributed by atoms with Crippen molar-refractivity contribution in [3.63, 3.8) is 0 Å². The molecule has 1 N–H and O–H groups in total. The first-order chi connectivity index (χ1) is 19.5. The molecule has 2 bridgehead atoms. The fourth-order valence-corrected chi connectivity index (χ4v) is 8.05. The van der Waals surface area contributed by atoms with Gasteiger partial charge in [-0.25, -0.2) is 13.1 Å². The summed E-state index contributed by atoms with van der Waals surface area (Å²) in [6.07, 6.45) is 5.70. The maximum atomic E-state index is 13.4. The minimum Gasteiger partial charge on any atom is -0.487 e. The number of sulfonamides is 1. The van der Waals surface area contributed by atoms with Gasteiger partial charge in [0, 0.05) is 36.0 Å². The van der Waals surface area contributed by atoms with E-state index in [1.807, 2.05) is 32.0 Å². The molecule has 1 fully saturated rings. The second kappa shape index (κ2) is 12.3. The molecule has 0 spiro atoms. The molecule has 1 aliphatic carbocycles. The molecular formula is C32H41ClN2O5S. The van der Waals surface area contributed by atoms with Crippen LogP contribution in [0.5, 0.6) is 5.75 Å². The summed E-state index contributed by atoms with van der Waals surface area (Å²) in [7, 11) is -3.92. The Morgan fingerprint density at radius 1 is 1.00 bits per heavy atom. The van der Waals surface area contributed by atoms with Gasteiger partial charge in [0.1, 0.15) is 18.1 Å². The highest BCUT2D eigenvalue weighted by molar-refractivity contribution is 7.90. The first-order valence-corrected chi connectivity index (χ1v) is 16.8. The molecule has 41 heavy (non-hydrogen) atoms. The Morgan fingerprint density at radius 2 is 1.80 bits per heavy atom. The van der Waals surface area contributed by atoms with Crippen molar-refractivity contribution in [2.24, 2.45) is 23.7 Å². The fourth-order valence-electron chi connectivity index (χ4n) is 6.57. The number of hydrogen-bond donors (Lipinski definition) is 1. The molecule has 5 atom stereocenters. The molecular weight excluding hydrogens is 560 g/mol. The number of nitrogens with zero attached hydrogens (tertiary/aromatic N) is 1. The molecule has 222 valence electrons. The third-order valence-electron chi connectivity index (χ3n) is 9.37. The number of Topliss-reactive ketones (excluding diaryl/α,β-unsaturated/α-hetero) is 1. The number of carbonyl (C=O) groups excluding carboxylic acids is 2. The SMILES string of the molecule is C[C@@H]1CC(=O)[C@@H]2CC[C@H]2CN2CCCCc3cc(Cl)ccc3COc3ccc(cc32)C(=O)NS(=O)(=O)[C@H](C)[C@@H](C)C1. The molecule has 2 aromatic carbocycles. The number of rotatable bonds is 0. The highest BCUT2D eigenvalue weighted by Crippen LogP contribution is 2.40. The highest BCUT2D eigenvalue weighted by atomic mass is 35.5. The lowest BCUT2D eigenvalue weighted by molar-refractivity contribution is -0.128. The predicted molar refractivity (Wildman–Crippen MR) is 162 cm³/mol. The van der Waals surface area contributed by atoms with E-state index in [-0.39, 0.29) is 35.0 Å². The van der Waals surface area contributed by atoms with E-state index in [0.29, 0.717) is 36.8 Å². The number of nitrogens with one attached hydrogen (secondary N) is 1. The van der Waals surface area contributed by atoms with Gasteiger partial charge >= 0.3 is 0 Å². The van der Waals surface area contributed by atoms with Gasteiger partial charge in [0.15, 0.2) is 0 Å². The van der Waals surface area contributed by atoms with Gasteiger partial charge in [0.05, 0.1) is 10.9 Å². The molecule has 0 saturated heterocycles. The van der Waals surface area contributed by atoms with Crippen LogP contribution >= 0.6 is 11.6 Å². The molecule has 2 aliphatic heterocycles. The van der Waals surface area contributed by atoms with E-state index in [4.69, 9.17) is 16.3 Å². The van der Waals surface area contributed by atoms with Crippen molar-refractivity contribution in [2.45, 2.75) is 77.6 Å². The van der Waals surface area contributed by atoms with Gasteiger partial charge in [-0.2, -0.15) is 0 Å². The zero-order valence-electron chi connectivity index (χ0n) is 24.2. The number of ether oxygens (including phenoxy) is 1. The Kier molecular flexibility index (Phi) is 9.00. The number of carbonyl (C=O) groups is 2. The highest BCUT2D eigenvalue weighted by Gasteiger charge is 2.39. The lowest BCUT2D eigenvalue weighted by atomic mass is 9.69. The van der Waals surface area contributed by atoms with E-state index in [0.717, 1.165) is 49.9 Å². The first kappa shape index (κ1) is 29.9. The predicted octanol–water partition coefficient (Wildman–Crippen LogP) is 6.17. The van der Waals surface area contributed by atoms with Gasteiger partial charge in [0.2, 0.25) is 10.0 Å². The average Bonchev–Trinajstić information content (AvgIpc) is 2.92. The number of amides is 1. The Hall–Kier alpha value is -2.58. The van der Waals surface area contributed by atoms with Crippen molar-refractivity contribution in [3.05, 3.63) is 58.1 Å². The maximum Gasteiger partial charge on any atom is 0.264 e. The molecule has 2 heterocycles. The van der Waals surface area contributed by atoms with Crippen LogP contribution in [0.2, 0.25) is 5.02 Å². The van der Waals surface area contributed by atoms with Crippen LogP contribution < -0.4 is 14.4 Å². The van der Waals surface area contributed by atoms with E-state index in [1.165, 1.54) is 5.56 Å². The van der Waals surface area contributed by atoms with Crippen LogP contribution in [0.3, 0.4) is 0 Å². The van der Waals surface area contributed by atoms with Crippen molar-refractivity contribution >= 4 is 39.0 Å². The summed E-state index contributed by atoms with van der Waals surface area (Å²) in [5.74, 6) is 0.396. The van der Waals surface area contributed by atoms with Gasteiger partial charge in [-0.15, -0.1) is 0 Å². The summed E-state index contributed by atoms with van der Waals surface area (Å²) in [6.45, 7) is 7.32. The minimum absolute atomic E-state index is 0.0160. The van der Waals surface area contributed by atoms with E-state index < -0.39 is 21.2 Å². The van der Waals surface area contributed by atoms with E-state index in [1.54, 1.807) is 25.1 Å². The lowest BCUT2D eigenvalue weighted by Crippen LogP contribution is -2.43. The van der Waals surface area contributed by atoms with Crippen LogP contribution in [0.4, 0.5) is 5.69 Å². The van der Waals surface area contributed by atoms with Gasteiger partial charge in [-0.1, -0.05) is 31.5 Å². The molecule has 0 unspecified atom stereocenters. The minimum atomic E-state index is -3.92. The standard InChI is InChI=1S/C32H41ClN2O5S/c1-20-14-21(2)22(3)41(38,39)34-32(37)24-9-12-31-29(17-24)35(18-25-8-11-28(25)30(36)15-20)13-5-4-6-23-16-27(33)10-7-26(23)19-40-31/h7,9-10,12,16-17,20-22,25,28H,4-6,8,11,13-15,18-19H2,1-3H3,(H,34,37)/t20-,21-,22+,25-,28+/m0/s1. The number of hydrogen-bond acceptors (Lipinski definition) is 6. The van der Waals surface area contributed by atoms with E-state index >= 15 is 0 Å². The third kappa shape index (κ3) is 6.75. The second-order valence-electron chi connectivity index (χ2n) is 12.4. The average molecular weight is 601 g/mol. The summed E-state index contributed by atoms with van der Waals surface area (Å²) >= 11 is 6.30. The molecule has 1 saturated carbocycles. The number of benzene rings is 2. The monoisotopic (exact) mass is 600 g/mol. The maximum absolute atomic E-state index is 13.4. The van der Waals surface area contributed by atoms with Crippen LogP contribution in [0.15, 0.2) is 36.4 Å². The third-order valence-corrected chi connectivity index (χ3v) is 11.5. The van der Waals surface area contributed by atoms with Crippen LogP contribution in [-0.4, -0.2) is 38.4 Å². The number of halogens is 1.